The van der Waals surface area contributed by atoms with Crippen LogP contribution in [0.4, 0.5) is 0 Å². The molecule has 1 atom stereocenters. The van der Waals surface area contributed by atoms with Crippen molar-refractivity contribution in [2.24, 2.45) is 11.7 Å². The summed E-state index contributed by atoms with van der Waals surface area (Å²) in [4.78, 5) is 16.1. The van der Waals surface area contributed by atoms with Gasteiger partial charge < -0.3 is 15.6 Å². The number of aromatic nitrogens is 2. The molecule has 6 heteroatoms. The Bertz CT molecular complexity index is 377. The quantitative estimate of drug-likeness (QED) is 0.547. The van der Waals surface area contributed by atoms with Gasteiger partial charge in [0.25, 0.3) is 0 Å². The van der Waals surface area contributed by atoms with E-state index in [0.717, 1.165) is 19.4 Å². The van der Waals surface area contributed by atoms with E-state index in [1.54, 1.807) is 12.5 Å². The summed E-state index contributed by atoms with van der Waals surface area (Å²) in [6, 6.07) is 0. The first-order valence-corrected chi connectivity index (χ1v) is 6.58. The van der Waals surface area contributed by atoms with Crippen molar-refractivity contribution >= 4 is 23.1 Å². The third-order valence-corrected chi connectivity index (χ3v) is 2.97. The summed E-state index contributed by atoms with van der Waals surface area (Å²) >= 11 is 4.91. The summed E-state index contributed by atoms with van der Waals surface area (Å²) in [5.41, 5.74) is 5.56. The normalized spacial score (nSPS) is 12.1. The van der Waals surface area contributed by atoms with Crippen LogP contribution in [0.15, 0.2) is 18.7 Å². The van der Waals surface area contributed by atoms with Crippen molar-refractivity contribution in [2.75, 3.05) is 6.54 Å². The predicted octanol–water partition coefficient (Wildman–Crippen LogP) is 1.09. The van der Waals surface area contributed by atoms with E-state index in [-0.39, 0.29) is 16.8 Å². The number of amides is 1. The highest BCUT2D eigenvalue weighted by atomic mass is 32.1. The average Bonchev–Trinajstić information content (AvgIpc) is 2.84. The van der Waals surface area contributed by atoms with Crippen molar-refractivity contribution in [1.82, 2.24) is 14.9 Å². The van der Waals surface area contributed by atoms with Crippen molar-refractivity contribution in [2.45, 2.75) is 32.7 Å². The minimum atomic E-state index is -0.335. The maximum Gasteiger partial charge on any atom is 0.229 e. The third kappa shape index (κ3) is 4.83. The number of nitrogens with two attached hydrogens (primary N) is 1. The van der Waals surface area contributed by atoms with Gasteiger partial charge in [0.05, 0.1) is 17.2 Å². The molecule has 0 aromatic carbocycles. The van der Waals surface area contributed by atoms with Crippen molar-refractivity contribution in [3.05, 3.63) is 18.7 Å². The van der Waals surface area contributed by atoms with Crippen LogP contribution < -0.4 is 11.1 Å². The molecule has 0 radical (unpaired) electrons. The highest BCUT2D eigenvalue weighted by molar-refractivity contribution is 7.80. The lowest BCUT2D eigenvalue weighted by atomic mass is 10.0. The molecule has 0 fully saturated rings. The Morgan fingerprint density at radius 3 is 2.94 bits per heavy atom. The number of hydrogen-bond donors (Lipinski definition) is 2. The van der Waals surface area contributed by atoms with Crippen LogP contribution in [0.25, 0.3) is 0 Å². The first-order valence-electron chi connectivity index (χ1n) is 6.18. The fraction of sp³-hybridized carbons (Fsp3) is 0.583. The van der Waals surface area contributed by atoms with E-state index in [4.69, 9.17) is 18.0 Å². The summed E-state index contributed by atoms with van der Waals surface area (Å²) in [6.07, 6.45) is 7.86. The molecule has 0 saturated heterocycles. The SMILES string of the molecule is CCCC(C(=O)NCCCn1ccnc1)C(N)=S. The number of hydrogen-bond acceptors (Lipinski definition) is 3. The van der Waals surface area contributed by atoms with Gasteiger partial charge in [-0.2, -0.15) is 0 Å². The van der Waals surface area contributed by atoms with Crippen LogP contribution in [0.1, 0.15) is 26.2 Å². The molecule has 3 N–H and O–H groups in total. The number of imidazole rings is 1. The minimum absolute atomic E-state index is 0.0602. The van der Waals surface area contributed by atoms with Crippen LogP contribution in [0, 0.1) is 5.92 Å². The molecule has 0 aliphatic heterocycles. The van der Waals surface area contributed by atoms with Gasteiger partial charge in [-0.05, 0) is 12.8 Å². The van der Waals surface area contributed by atoms with Crippen LogP contribution in [0.5, 0.6) is 0 Å². The fourth-order valence-electron chi connectivity index (χ4n) is 1.71. The Morgan fingerprint density at radius 2 is 2.39 bits per heavy atom. The molecule has 0 saturated carbocycles. The lowest BCUT2D eigenvalue weighted by Crippen LogP contribution is -2.38. The van der Waals surface area contributed by atoms with Gasteiger partial charge in [-0.15, -0.1) is 0 Å². The zero-order valence-corrected chi connectivity index (χ0v) is 11.4. The monoisotopic (exact) mass is 268 g/mol. The standard InChI is InChI=1S/C12H20N4OS/c1-2-4-10(11(13)18)12(17)15-5-3-7-16-8-6-14-9-16/h6,8-10H,2-5,7H2,1H3,(H2,13,18)(H,15,17). The Labute approximate surface area is 113 Å². The molecular weight excluding hydrogens is 248 g/mol. The Balaban J connectivity index is 2.24. The number of thiocarbonyl (C=S) groups is 1. The van der Waals surface area contributed by atoms with Gasteiger partial charge in [-0.25, -0.2) is 4.98 Å². The van der Waals surface area contributed by atoms with E-state index in [2.05, 4.69) is 10.3 Å². The van der Waals surface area contributed by atoms with E-state index in [0.29, 0.717) is 13.0 Å². The van der Waals surface area contributed by atoms with Crippen molar-refractivity contribution in [1.29, 1.82) is 0 Å². The minimum Gasteiger partial charge on any atom is -0.393 e. The van der Waals surface area contributed by atoms with Gasteiger partial charge in [0.15, 0.2) is 0 Å². The molecule has 1 aromatic heterocycles. The molecule has 100 valence electrons. The Kier molecular flexibility index (Phi) is 6.35. The first kappa shape index (κ1) is 14.6. The van der Waals surface area contributed by atoms with E-state index in [1.165, 1.54) is 0 Å². The second-order valence-corrected chi connectivity index (χ2v) is 4.66. The van der Waals surface area contributed by atoms with Crippen LogP contribution in [0.2, 0.25) is 0 Å². The second kappa shape index (κ2) is 7.81. The van der Waals surface area contributed by atoms with Crippen molar-refractivity contribution in [3.8, 4) is 0 Å². The third-order valence-electron chi connectivity index (χ3n) is 2.69. The number of carbonyl (C=O) groups is 1. The van der Waals surface area contributed by atoms with Crippen LogP contribution in [0.3, 0.4) is 0 Å². The van der Waals surface area contributed by atoms with Gasteiger partial charge in [-0.3, -0.25) is 4.79 Å². The first-order chi connectivity index (χ1) is 8.65. The lowest BCUT2D eigenvalue weighted by molar-refractivity contribution is -0.123. The lowest BCUT2D eigenvalue weighted by Gasteiger charge is -2.14. The van der Waals surface area contributed by atoms with E-state index in [1.807, 2.05) is 17.7 Å². The molecule has 1 aromatic rings. The molecule has 1 amide bonds. The largest absolute Gasteiger partial charge is 0.393 e. The Morgan fingerprint density at radius 1 is 1.61 bits per heavy atom. The highest BCUT2D eigenvalue weighted by Crippen LogP contribution is 2.06. The molecule has 1 rings (SSSR count). The summed E-state index contributed by atoms with van der Waals surface area (Å²) in [5, 5.41) is 2.87. The number of carbonyl (C=O) groups excluding carboxylic acids is 1. The molecular formula is C12H20N4OS. The van der Waals surface area contributed by atoms with E-state index < -0.39 is 0 Å². The number of nitrogens with zero attached hydrogens (tertiary/aromatic N) is 2. The Hall–Kier alpha value is -1.43. The predicted molar refractivity (Wildman–Crippen MR) is 75.0 cm³/mol. The smallest absolute Gasteiger partial charge is 0.229 e. The number of aryl methyl sites for hydroxylation is 1. The second-order valence-electron chi connectivity index (χ2n) is 4.19. The molecule has 1 heterocycles. The summed E-state index contributed by atoms with van der Waals surface area (Å²) < 4.78 is 1.98. The van der Waals surface area contributed by atoms with Crippen LogP contribution in [-0.4, -0.2) is 27.0 Å². The average molecular weight is 268 g/mol. The van der Waals surface area contributed by atoms with Crippen molar-refractivity contribution < 1.29 is 4.79 Å². The van der Waals surface area contributed by atoms with E-state index >= 15 is 0 Å². The zero-order chi connectivity index (χ0) is 13.4. The summed E-state index contributed by atoms with van der Waals surface area (Å²) in [7, 11) is 0. The van der Waals surface area contributed by atoms with E-state index in [9.17, 15) is 4.79 Å². The number of rotatable bonds is 8. The molecule has 0 aliphatic rings. The molecule has 0 bridgehead atoms. The molecule has 0 spiro atoms. The van der Waals surface area contributed by atoms with Gasteiger partial charge in [0, 0.05) is 25.5 Å². The maximum absolute atomic E-state index is 11.8. The van der Waals surface area contributed by atoms with Gasteiger partial charge in [-0.1, -0.05) is 25.6 Å². The molecule has 5 nitrogen and oxygen atoms in total. The van der Waals surface area contributed by atoms with Crippen LogP contribution >= 0.6 is 12.2 Å². The maximum atomic E-state index is 11.8. The van der Waals surface area contributed by atoms with Crippen molar-refractivity contribution in [3.63, 3.8) is 0 Å². The topological polar surface area (TPSA) is 72.9 Å². The summed E-state index contributed by atoms with van der Waals surface area (Å²) in [6.45, 7) is 3.48. The zero-order valence-electron chi connectivity index (χ0n) is 10.6. The van der Waals surface area contributed by atoms with Gasteiger partial charge >= 0.3 is 0 Å². The van der Waals surface area contributed by atoms with Crippen LogP contribution in [-0.2, 0) is 11.3 Å². The number of nitrogens with one attached hydrogen (secondary N) is 1. The molecule has 0 aliphatic carbocycles. The van der Waals surface area contributed by atoms with Gasteiger partial charge in [0.2, 0.25) is 5.91 Å². The molecule has 1 unspecified atom stereocenters. The molecule has 18 heavy (non-hydrogen) atoms. The fourth-order valence-corrected chi connectivity index (χ4v) is 1.93. The summed E-state index contributed by atoms with van der Waals surface area (Å²) in [5.74, 6) is -0.395. The van der Waals surface area contributed by atoms with Gasteiger partial charge in [0.1, 0.15) is 0 Å². The highest BCUT2D eigenvalue weighted by Gasteiger charge is 2.19.